The summed E-state index contributed by atoms with van der Waals surface area (Å²) >= 11 is 5.96. The first kappa shape index (κ1) is 13.1. The second kappa shape index (κ2) is 5.53. The Bertz CT molecular complexity index is 636. The highest BCUT2D eigenvalue weighted by molar-refractivity contribution is 6.33. The van der Waals surface area contributed by atoms with E-state index in [2.05, 4.69) is 20.7 Å². The third kappa shape index (κ3) is 2.92. The molecule has 1 aromatic heterocycles. The van der Waals surface area contributed by atoms with Crippen LogP contribution < -0.4 is 5.43 Å². The van der Waals surface area contributed by atoms with E-state index in [1.165, 1.54) is 6.21 Å². The summed E-state index contributed by atoms with van der Waals surface area (Å²) < 4.78 is 0. The van der Waals surface area contributed by atoms with E-state index in [9.17, 15) is 4.79 Å². The number of nitrogens with zero attached hydrogens (tertiary/aromatic N) is 2. The van der Waals surface area contributed by atoms with Crippen molar-refractivity contribution in [3.8, 4) is 0 Å². The van der Waals surface area contributed by atoms with Crippen LogP contribution in [0.15, 0.2) is 29.4 Å². The third-order valence-corrected chi connectivity index (χ3v) is 2.78. The molecule has 0 aliphatic carbocycles. The third-order valence-electron chi connectivity index (χ3n) is 2.44. The van der Waals surface area contributed by atoms with Crippen LogP contribution in [0, 0.1) is 6.92 Å². The van der Waals surface area contributed by atoms with Crippen LogP contribution >= 0.6 is 11.6 Å². The molecule has 0 saturated heterocycles. The van der Waals surface area contributed by atoms with E-state index in [0.29, 0.717) is 10.7 Å². The number of carbonyl (C=O) groups is 1. The van der Waals surface area contributed by atoms with Crippen molar-refractivity contribution >= 4 is 29.6 Å². The van der Waals surface area contributed by atoms with Crippen LogP contribution in [0.3, 0.4) is 0 Å². The summed E-state index contributed by atoms with van der Waals surface area (Å²) in [6.45, 7) is 1.62. The van der Waals surface area contributed by atoms with Crippen molar-refractivity contribution in [3.63, 3.8) is 0 Å². The van der Waals surface area contributed by atoms with Crippen LogP contribution in [0.2, 0.25) is 5.02 Å². The van der Waals surface area contributed by atoms with Gasteiger partial charge in [-0.25, -0.2) is 4.79 Å². The molecular formula is C12H11ClN4O2. The predicted molar refractivity (Wildman–Crippen MR) is 73.0 cm³/mol. The number of anilines is 1. The highest BCUT2D eigenvalue weighted by Gasteiger charge is 2.16. The molecule has 0 aliphatic rings. The second-order valence-electron chi connectivity index (χ2n) is 3.77. The van der Waals surface area contributed by atoms with Gasteiger partial charge in [0.1, 0.15) is 5.56 Å². The fourth-order valence-corrected chi connectivity index (χ4v) is 1.70. The zero-order valence-corrected chi connectivity index (χ0v) is 10.8. The molecule has 3 N–H and O–H groups in total. The normalized spacial score (nSPS) is 10.8. The maximum Gasteiger partial charge on any atom is 0.341 e. The molecule has 2 aromatic rings. The number of benzene rings is 1. The number of hydrazone groups is 1. The van der Waals surface area contributed by atoms with Crippen molar-refractivity contribution in [2.75, 3.05) is 5.43 Å². The first-order valence-corrected chi connectivity index (χ1v) is 5.79. The number of H-pyrrole nitrogens is 1. The molecule has 6 nitrogen and oxygen atoms in total. The van der Waals surface area contributed by atoms with E-state index >= 15 is 0 Å². The van der Waals surface area contributed by atoms with Gasteiger partial charge in [0.15, 0.2) is 5.82 Å². The van der Waals surface area contributed by atoms with E-state index in [1.54, 1.807) is 19.1 Å². The summed E-state index contributed by atoms with van der Waals surface area (Å²) in [6.07, 6.45) is 1.50. The zero-order chi connectivity index (χ0) is 13.8. The van der Waals surface area contributed by atoms with Gasteiger partial charge in [0.25, 0.3) is 0 Å². The smallest absolute Gasteiger partial charge is 0.341 e. The van der Waals surface area contributed by atoms with E-state index in [-0.39, 0.29) is 11.4 Å². The average molecular weight is 279 g/mol. The number of aromatic carboxylic acids is 1. The maximum atomic E-state index is 11.0. The second-order valence-corrected chi connectivity index (χ2v) is 4.18. The van der Waals surface area contributed by atoms with Crippen LogP contribution in [0.1, 0.15) is 21.6 Å². The molecule has 0 fully saturated rings. The number of halogens is 1. The van der Waals surface area contributed by atoms with Crippen molar-refractivity contribution in [2.24, 2.45) is 5.10 Å². The lowest BCUT2D eigenvalue weighted by molar-refractivity contribution is 0.0697. The lowest BCUT2D eigenvalue weighted by atomic mass is 10.2. The van der Waals surface area contributed by atoms with Gasteiger partial charge in [-0.3, -0.25) is 10.5 Å². The minimum absolute atomic E-state index is 0.0660. The van der Waals surface area contributed by atoms with Gasteiger partial charge in [-0.1, -0.05) is 29.8 Å². The largest absolute Gasteiger partial charge is 0.477 e. The van der Waals surface area contributed by atoms with Gasteiger partial charge in [-0.05, 0) is 13.0 Å². The molecule has 2 rings (SSSR count). The van der Waals surface area contributed by atoms with Crippen LogP contribution in [0.5, 0.6) is 0 Å². The highest BCUT2D eigenvalue weighted by atomic mass is 35.5. The fourth-order valence-electron chi connectivity index (χ4n) is 1.51. The lowest BCUT2D eigenvalue weighted by Gasteiger charge is -1.98. The van der Waals surface area contributed by atoms with Crippen LogP contribution in [0.25, 0.3) is 0 Å². The molecular weight excluding hydrogens is 268 g/mol. The standard InChI is InChI=1S/C12H11ClN4O2/c1-7-10(12(18)19)11(17-15-7)16-14-6-8-4-2-3-5-9(8)13/h2-6H,1H3,(H,18,19)(H2,15,16,17)/b14-6+. The fraction of sp³-hybridized carbons (Fsp3) is 0.0833. The first-order valence-electron chi connectivity index (χ1n) is 5.41. The number of carboxylic acid groups (broad SMARTS) is 1. The average Bonchev–Trinajstić information content (AvgIpc) is 2.73. The Morgan fingerprint density at radius 3 is 2.95 bits per heavy atom. The molecule has 0 amide bonds. The minimum atomic E-state index is -1.07. The van der Waals surface area contributed by atoms with Gasteiger partial charge in [-0.15, -0.1) is 0 Å². The number of aromatic amines is 1. The number of carboxylic acids is 1. The van der Waals surface area contributed by atoms with Gasteiger partial charge in [-0.2, -0.15) is 10.2 Å². The van der Waals surface area contributed by atoms with Crippen molar-refractivity contribution in [3.05, 3.63) is 46.1 Å². The Morgan fingerprint density at radius 1 is 1.53 bits per heavy atom. The summed E-state index contributed by atoms with van der Waals surface area (Å²) in [7, 11) is 0. The monoisotopic (exact) mass is 278 g/mol. The maximum absolute atomic E-state index is 11.0. The van der Waals surface area contributed by atoms with E-state index in [0.717, 1.165) is 5.56 Å². The van der Waals surface area contributed by atoms with E-state index in [1.807, 2.05) is 12.1 Å². The minimum Gasteiger partial charge on any atom is -0.477 e. The Balaban J connectivity index is 2.16. The summed E-state index contributed by atoms with van der Waals surface area (Å²) in [4.78, 5) is 11.0. The topological polar surface area (TPSA) is 90.4 Å². The highest BCUT2D eigenvalue weighted by Crippen LogP contribution is 2.16. The van der Waals surface area contributed by atoms with Gasteiger partial charge in [0, 0.05) is 16.3 Å². The molecule has 0 unspecified atom stereocenters. The van der Waals surface area contributed by atoms with E-state index in [4.69, 9.17) is 16.7 Å². The molecule has 0 atom stereocenters. The summed E-state index contributed by atoms with van der Waals surface area (Å²) in [5.41, 5.74) is 3.83. The molecule has 0 bridgehead atoms. The molecule has 0 saturated carbocycles. The first-order chi connectivity index (χ1) is 9.09. The Hall–Kier alpha value is -2.34. The molecule has 7 heteroatoms. The lowest BCUT2D eigenvalue weighted by Crippen LogP contribution is -2.02. The summed E-state index contributed by atoms with van der Waals surface area (Å²) in [5, 5.41) is 19.9. The molecule has 0 radical (unpaired) electrons. The molecule has 98 valence electrons. The number of aromatic nitrogens is 2. The van der Waals surface area contributed by atoms with Crippen molar-refractivity contribution in [2.45, 2.75) is 6.92 Å². The predicted octanol–water partition coefficient (Wildman–Crippen LogP) is 2.52. The summed E-state index contributed by atoms with van der Waals surface area (Å²) in [5.74, 6) is -0.907. The Kier molecular flexibility index (Phi) is 3.82. The molecule has 0 aliphatic heterocycles. The number of hydrogen-bond donors (Lipinski definition) is 3. The number of hydrogen-bond acceptors (Lipinski definition) is 4. The van der Waals surface area contributed by atoms with Gasteiger partial charge >= 0.3 is 5.97 Å². The zero-order valence-electron chi connectivity index (χ0n) is 10.0. The molecule has 19 heavy (non-hydrogen) atoms. The van der Waals surface area contributed by atoms with Crippen LogP contribution in [-0.2, 0) is 0 Å². The van der Waals surface area contributed by atoms with Gasteiger partial charge in [0.05, 0.1) is 6.21 Å². The number of rotatable bonds is 4. The van der Waals surface area contributed by atoms with E-state index < -0.39 is 5.97 Å². The van der Waals surface area contributed by atoms with Gasteiger partial charge < -0.3 is 5.11 Å². The number of aryl methyl sites for hydroxylation is 1. The SMILES string of the molecule is Cc1[nH]nc(N/N=C/c2ccccc2Cl)c1C(=O)O. The Labute approximate surface area is 114 Å². The molecule has 1 aromatic carbocycles. The summed E-state index contributed by atoms with van der Waals surface area (Å²) in [6, 6.07) is 7.17. The van der Waals surface area contributed by atoms with Crippen LogP contribution in [0.4, 0.5) is 5.82 Å². The quantitative estimate of drug-likeness (QED) is 0.592. The van der Waals surface area contributed by atoms with Crippen molar-refractivity contribution in [1.82, 2.24) is 10.2 Å². The van der Waals surface area contributed by atoms with Gasteiger partial charge in [0.2, 0.25) is 0 Å². The van der Waals surface area contributed by atoms with Crippen molar-refractivity contribution in [1.29, 1.82) is 0 Å². The van der Waals surface area contributed by atoms with Crippen LogP contribution in [-0.4, -0.2) is 27.5 Å². The molecule has 1 heterocycles. The van der Waals surface area contributed by atoms with Crippen molar-refractivity contribution < 1.29 is 9.90 Å². The number of nitrogens with one attached hydrogen (secondary N) is 2. The Morgan fingerprint density at radius 2 is 2.26 bits per heavy atom. The molecule has 0 spiro atoms.